The van der Waals surface area contributed by atoms with E-state index in [0.717, 1.165) is 16.8 Å². The van der Waals surface area contributed by atoms with Gasteiger partial charge in [-0.2, -0.15) is 10.2 Å². The third-order valence-electron chi connectivity index (χ3n) is 3.19. The minimum atomic E-state index is 1.05. The lowest BCUT2D eigenvalue weighted by atomic mass is 10.1. The second kappa shape index (κ2) is 3.45. The lowest BCUT2D eigenvalue weighted by Crippen LogP contribution is -1.93. The van der Waals surface area contributed by atoms with Crippen LogP contribution in [0, 0.1) is 13.8 Å². The highest BCUT2D eigenvalue weighted by Gasteiger charge is 2.11. The van der Waals surface area contributed by atoms with Crippen molar-refractivity contribution < 1.29 is 0 Å². The molecule has 0 aliphatic heterocycles. The van der Waals surface area contributed by atoms with Crippen molar-refractivity contribution in [2.45, 2.75) is 13.8 Å². The van der Waals surface area contributed by atoms with Crippen LogP contribution in [-0.4, -0.2) is 19.4 Å². The number of aryl methyl sites for hydroxylation is 2. The number of nitrogens with zero attached hydrogens (tertiary/aromatic N) is 4. The van der Waals surface area contributed by atoms with Crippen molar-refractivity contribution in [3.05, 3.63) is 42.0 Å². The zero-order valence-electron chi connectivity index (χ0n) is 10.2. The maximum Gasteiger partial charge on any atom is 0.0675 e. The van der Waals surface area contributed by atoms with Gasteiger partial charge in [0.05, 0.1) is 11.2 Å². The van der Waals surface area contributed by atoms with E-state index in [9.17, 15) is 0 Å². The molecule has 4 heteroatoms. The Morgan fingerprint density at radius 2 is 1.94 bits per heavy atom. The molecular formula is C13H14N4. The van der Waals surface area contributed by atoms with Crippen LogP contribution in [0.25, 0.3) is 16.6 Å². The zero-order valence-corrected chi connectivity index (χ0v) is 10.2. The van der Waals surface area contributed by atoms with Crippen molar-refractivity contribution in [1.82, 2.24) is 19.4 Å². The first-order valence-corrected chi connectivity index (χ1v) is 5.61. The molecule has 0 radical (unpaired) electrons. The summed E-state index contributed by atoms with van der Waals surface area (Å²) in [5, 5.41) is 8.70. The Hall–Kier alpha value is -2.10. The van der Waals surface area contributed by atoms with Gasteiger partial charge in [0.1, 0.15) is 0 Å². The lowest BCUT2D eigenvalue weighted by molar-refractivity contribution is 0.731. The van der Waals surface area contributed by atoms with E-state index < -0.39 is 0 Å². The standard InChI is InChI=1S/C13H14N4/c1-9-13(10(2)16(3)15-9)11-4-5-12-6-7-14-17(12)8-11/h4-8H,1-3H3. The second-order valence-electron chi connectivity index (χ2n) is 4.29. The quantitative estimate of drug-likeness (QED) is 0.638. The van der Waals surface area contributed by atoms with Crippen LogP contribution in [0.15, 0.2) is 30.6 Å². The summed E-state index contributed by atoms with van der Waals surface area (Å²) in [4.78, 5) is 0. The summed E-state index contributed by atoms with van der Waals surface area (Å²) >= 11 is 0. The molecule has 0 aliphatic rings. The first-order chi connectivity index (χ1) is 8.16. The molecule has 0 saturated carbocycles. The Morgan fingerprint density at radius 1 is 1.12 bits per heavy atom. The molecule has 0 atom stereocenters. The van der Waals surface area contributed by atoms with Crippen LogP contribution in [0.2, 0.25) is 0 Å². The number of hydrogen-bond acceptors (Lipinski definition) is 2. The first-order valence-electron chi connectivity index (χ1n) is 5.61. The van der Waals surface area contributed by atoms with Crippen LogP contribution in [0.3, 0.4) is 0 Å². The van der Waals surface area contributed by atoms with Crippen LogP contribution in [-0.2, 0) is 7.05 Å². The maximum atomic E-state index is 4.44. The molecule has 3 aromatic heterocycles. The number of pyridine rings is 1. The minimum Gasteiger partial charge on any atom is -0.272 e. The van der Waals surface area contributed by atoms with Gasteiger partial charge in [0.25, 0.3) is 0 Å². The van der Waals surface area contributed by atoms with Gasteiger partial charge in [-0.3, -0.25) is 4.68 Å². The van der Waals surface area contributed by atoms with E-state index in [1.165, 1.54) is 11.3 Å². The van der Waals surface area contributed by atoms with Gasteiger partial charge in [0.15, 0.2) is 0 Å². The third-order valence-corrected chi connectivity index (χ3v) is 3.19. The normalized spacial score (nSPS) is 11.2. The van der Waals surface area contributed by atoms with Crippen LogP contribution >= 0.6 is 0 Å². The summed E-state index contributed by atoms with van der Waals surface area (Å²) in [6.45, 7) is 4.12. The number of rotatable bonds is 1. The average molecular weight is 226 g/mol. The fourth-order valence-corrected chi connectivity index (χ4v) is 2.25. The highest BCUT2D eigenvalue weighted by atomic mass is 15.3. The van der Waals surface area contributed by atoms with Crippen LogP contribution in [0.4, 0.5) is 0 Å². The smallest absolute Gasteiger partial charge is 0.0675 e. The van der Waals surface area contributed by atoms with E-state index in [4.69, 9.17) is 0 Å². The molecule has 3 aromatic rings. The van der Waals surface area contributed by atoms with Crippen molar-refractivity contribution in [2.75, 3.05) is 0 Å². The summed E-state index contributed by atoms with van der Waals surface area (Å²) < 4.78 is 3.80. The summed E-state index contributed by atoms with van der Waals surface area (Å²) in [5.41, 5.74) is 5.69. The van der Waals surface area contributed by atoms with Crippen LogP contribution < -0.4 is 0 Å². The molecule has 3 heterocycles. The summed E-state index contributed by atoms with van der Waals surface area (Å²) in [7, 11) is 1.97. The summed E-state index contributed by atoms with van der Waals surface area (Å²) in [5.74, 6) is 0. The van der Waals surface area contributed by atoms with E-state index in [1.54, 1.807) is 0 Å². The number of fused-ring (bicyclic) bond motifs is 1. The average Bonchev–Trinajstić information content (AvgIpc) is 2.84. The summed E-state index contributed by atoms with van der Waals surface area (Å²) in [6.07, 6.45) is 3.86. The topological polar surface area (TPSA) is 35.1 Å². The zero-order chi connectivity index (χ0) is 12.0. The molecule has 0 saturated heterocycles. The SMILES string of the molecule is Cc1nn(C)c(C)c1-c1ccc2ccnn2c1. The fraction of sp³-hybridized carbons (Fsp3) is 0.231. The Bertz CT molecular complexity index is 691. The molecule has 0 aromatic carbocycles. The summed E-state index contributed by atoms with van der Waals surface area (Å²) in [6, 6.07) is 6.19. The van der Waals surface area contributed by atoms with E-state index in [0.29, 0.717) is 0 Å². The van der Waals surface area contributed by atoms with Gasteiger partial charge in [-0.15, -0.1) is 0 Å². The second-order valence-corrected chi connectivity index (χ2v) is 4.29. The predicted octanol–water partition coefficient (Wildman–Crippen LogP) is 2.35. The van der Waals surface area contributed by atoms with E-state index in [1.807, 2.05) is 41.6 Å². The Labute approximate surface area is 99.5 Å². The van der Waals surface area contributed by atoms with E-state index in [2.05, 4.69) is 29.3 Å². The Kier molecular flexibility index (Phi) is 2.04. The highest BCUT2D eigenvalue weighted by Crippen LogP contribution is 2.26. The molecule has 4 nitrogen and oxygen atoms in total. The van der Waals surface area contributed by atoms with Gasteiger partial charge in [0, 0.05) is 36.3 Å². The number of aromatic nitrogens is 4. The largest absolute Gasteiger partial charge is 0.272 e. The van der Waals surface area contributed by atoms with E-state index >= 15 is 0 Å². The van der Waals surface area contributed by atoms with Crippen molar-refractivity contribution in [1.29, 1.82) is 0 Å². The molecule has 0 spiro atoms. The van der Waals surface area contributed by atoms with Crippen LogP contribution in [0.5, 0.6) is 0 Å². The van der Waals surface area contributed by atoms with Gasteiger partial charge in [-0.1, -0.05) is 6.07 Å². The lowest BCUT2D eigenvalue weighted by Gasteiger charge is -2.03. The minimum absolute atomic E-state index is 1.05. The predicted molar refractivity (Wildman–Crippen MR) is 66.9 cm³/mol. The van der Waals surface area contributed by atoms with Crippen molar-refractivity contribution >= 4 is 5.52 Å². The molecule has 0 aliphatic carbocycles. The molecule has 0 N–H and O–H groups in total. The molecule has 0 amide bonds. The van der Waals surface area contributed by atoms with Crippen molar-refractivity contribution in [2.24, 2.45) is 7.05 Å². The van der Waals surface area contributed by atoms with E-state index in [-0.39, 0.29) is 0 Å². The molecule has 3 rings (SSSR count). The molecule has 0 unspecified atom stereocenters. The molecular weight excluding hydrogens is 212 g/mol. The molecule has 86 valence electrons. The van der Waals surface area contributed by atoms with Gasteiger partial charge >= 0.3 is 0 Å². The maximum absolute atomic E-state index is 4.44. The first kappa shape index (κ1) is 10.1. The van der Waals surface area contributed by atoms with Crippen LogP contribution in [0.1, 0.15) is 11.4 Å². The molecule has 0 fully saturated rings. The van der Waals surface area contributed by atoms with Gasteiger partial charge in [-0.25, -0.2) is 4.52 Å². The molecule has 0 bridgehead atoms. The number of hydrogen-bond donors (Lipinski definition) is 0. The third kappa shape index (κ3) is 1.45. The van der Waals surface area contributed by atoms with Gasteiger partial charge in [0.2, 0.25) is 0 Å². The Balaban J connectivity index is 2.26. The van der Waals surface area contributed by atoms with Gasteiger partial charge < -0.3 is 0 Å². The van der Waals surface area contributed by atoms with Crippen molar-refractivity contribution in [3.63, 3.8) is 0 Å². The monoisotopic (exact) mass is 226 g/mol. The van der Waals surface area contributed by atoms with Crippen molar-refractivity contribution in [3.8, 4) is 11.1 Å². The Morgan fingerprint density at radius 3 is 2.65 bits per heavy atom. The van der Waals surface area contributed by atoms with Gasteiger partial charge in [-0.05, 0) is 26.0 Å². The molecule has 17 heavy (non-hydrogen) atoms. The highest BCUT2D eigenvalue weighted by molar-refractivity contribution is 5.69. The fourth-order valence-electron chi connectivity index (χ4n) is 2.25.